The molecule has 0 saturated carbocycles. The molecule has 2 aromatic rings. The van der Waals surface area contributed by atoms with Gasteiger partial charge in [-0.25, -0.2) is 0 Å². The van der Waals surface area contributed by atoms with E-state index in [0.29, 0.717) is 16.8 Å². The number of halogens is 2. The van der Waals surface area contributed by atoms with Gasteiger partial charge in [-0.05, 0) is 34.1 Å². The van der Waals surface area contributed by atoms with E-state index >= 15 is 0 Å². The first-order valence-electron chi connectivity index (χ1n) is 4.86. The second-order valence-corrected chi connectivity index (χ2v) is 5.02. The number of nitrogens with zero attached hydrogens (tertiary/aromatic N) is 2. The first kappa shape index (κ1) is 11.6. The Balaban J connectivity index is 2.46. The summed E-state index contributed by atoms with van der Waals surface area (Å²) in [5, 5.41) is 8.63. The van der Waals surface area contributed by atoms with Crippen molar-refractivity contribution in [3.63, 3.8) is 0 Å². The van der Waals surface area contributed by atoms with Gasteiger partial charge in [0.1, 0.15) is 0 Å². The Morgan fingerprint density at radius 2 is 2.06 bits per heavy atom. The van der Waals surface area contributed by atoms with Gasteiger partial charge >= 0.3 is 0 Å². The number of rotatable bonds is 2. The van der Waals surface area contributed by atoms with E-state index in [9.17, 15) is 0 Å². The van der Waals surface area contributed by atoms with Crippen molar-refractivity contribution in [2.24, 2.45) is 0 Å². The summed E-state index contributed by atoms with van der Waals surface area (Å²) in [5.74, 6) is 1.33. The number of hydrogen-bond acceptors (Lipinski definition) is 3. The van der Waals surface area contributed by atoms with Crippen LogP contribution in [0.15, 0.2) is 27.1 Å². The van der Waals surface area contributed by atoms with Gasteiger partial charge in [-0.1, -0.05) is 25.4 Å². The Labute approximate surface area is 107 Å². The lowest BCUT2D eigenvalue weighted by atomic mass is 10.2. The smallest absolute Gasteiger partial charge is 0.248 e. The number of benzene rings is 1. The zero-order valence-electron chi connectivity index (χ0n) is 8.87. The van der Waals surface area contributed by atoms with Gasteiger partial charge in [-0.2, -0.15) is 0 Å². The van der Waals surface area contributed by atoms with Crippen molar-refractivity contribution in [3.8, 4) is 11.5 Å². The van der Waals surface area contributed by atoms with E-state index in [4.69, 9.17) is 16.0 Å². The summed E-state index contributed by atoms with van der Waals surface area (Å²) >= 11 is 9.35. The van der Waals surface area contributed by atoms with Gasteiger partial charge in [-0.3, -0.25) is 0 Å². The summed E-state index contributed by atoms with van der Waals surface area (Å²) < 4.78 is 6.44. The maximum atomic E-state index is 5.93. The van der Waals surface area contributed by atoms with Crippen LogP contribution in [-0.4, -0.2) is 10.2 Å². The second kappa shape index (κ2) is 4.55. The first-order chi connectivity index (χ1) is 7.58. The predicted molar refractivity (Wildman–Crippen MR) is 66.5 cm³/mol. The van der Waals surface area contributed by atoms with E-state index < -0.39 is 0 Å². The predicted octanol–water partition coefficient (Wildman–Crippen LogP) is 4.28. The Morgan fingerprint density at radius 3 is 2.69 bits per heavy atom. The van der Waals surface area contributed by atoms with E-state index in [-0.39, 0.29) is 5.92 Å². The van der Waals surface area contributed by atoms with Crippen LogP contribution in [0.2, 0.25) is 5.02 Å². The van der Waals surface area contributed by atoms with E-state index in [0.717, 1.165) is 10.0 Å². The van der Waals surface area contributed by atoms with Crippen LogP contribution in [0.25, 0.3) is 11.5 Å². The molecule has 3 nitrogen and oxygen atoms in total. The second-order valence-electron chi connectivity index (χ2n) is 3.72. The standard InChI is InChI=1S/C11H10BrClN2O/c1-6(2)10-14-15-11(16-10)8-5-7(13)3-4-9(8)12/h3-6H,1-2H3. The highest BCUT2D eigenvalue weighted by atomic mass is 79.9. The van der Waals surface area contributed by atoms with Crippen molar-refractivity contribution in [2.75, 3.05) is 0 Å². The van der Waals surface area contributed by atoms with Crippen LogP contribution in [0, 0.1) is 0 Å². The minimum Gasteiger partial charge on any atom is -0.420 e. The maximum absolute atomic E-state index is 5.93. The largest absolute Gasteiger partial charge is 0.420 e. The van der Waals surface area contributed by atoms with Crippen LogP contribution in [-0.2, 0) is 0 Å². The molecule has 0 aliphatic heterocycles. The van der Waals surface area contributed by atoms with E-state index in [2.05, 4.69) is 26.1 Å². The monoisotopic (exact) mass is 300 g/mol. The molecule has 0 spiro atoms. The average Bonchev–Trinajstić information content (AvgIpc) is 2.70. The summed E-state index contributed by atoms with van der Waals surface area (Å²) in [6, 6.07) is 5.45. The molecule has 2 rings (SSSR count). The number of hydrogen-bond donors (Lipinski definition) is 0. The minimum absolute atomic E-state index is 0.221. The third kappa shape index (κ3) is 2.28. The van der Waals surface area contributed by atoms with E-state index in [1.54, 1.807) is 12.1 Å². The van der Waals surface area contributed by atoms with Crippen molar-refractivity contribution in [1.82, 2.24) is 10.2 Å². The third-order valence-corrected chi connectivity index (χ3v) is 3.02. The molecule has 1 aromatic heterocycles. The molecule has 1 aromatic carbocycles. The summed E-state index contributed by atoms with van der Waals surface area (Å²) in [7, 11) is 0. The minimum atomic E-state index is 0.221. The highest BCUT2D eigenvalue weighted by Gasteiger charge is 2.13. The molecule has 0 atom stereocenters. The lowest BCUT2D eigenvalue weighted by Gasteiger charge is -2.00. The van der Waals surface area contributed by atoms with Crippen molar-refractivity contribution in [1.29, 1.82) is 0 Å². The van der Waals surface area contributed by atoms with Crippen LogP contribution in [0.4, 0.5) is 0 Å². The molecule has 0 saturated heterocycles. The molecule has 5 heteroatoms. The van der Waals surface area contributed by atoms with Gasteiger partial charge in [0.25, 0.3) is 0 Å². The topological polar surface area (TPSA) is 38.9 Å². The fraction of sp³-hybridized carbons (Fsp3) is 0.273. The van der Waals surface area contributed by atoms with E-state index in [1.807, 2.05) is 19.9 Å². The molecular formula is C11H10BrClN2O. The molecule has 0 fully saturated rings. The van der Waals surface area contributed by atoms with Crippen molar-refractivity contribution in [2.45, 2.75) is 19.8 Å². The van der Waals surface area contributed by atoms with Crippen LogP contribution >= 0.6 is 27.5 Å². The third-order valence-electron chi connectivity index (χ3n) is 2.09. The Kier molecular flexibility index (Phi) is 3.30. The van der Waals surface area contributed by atoms with Crippen molar-refractivity contribution in [3.05, 3.63) is 33.6 Å². The van der Waals surface area contributed by atoms with Gasteiger partial charge in [0, 0.05) is 15.4 Å². The Morgan fingerprint density at radius 1 is 1.31 bits per heavy atom. The normalized spacial score (nSPS) is 11.1. The average molecular weight is 302 g/mol. The number of aromatic nitrogens is 2. The van der Waals surface area contributed by atoms with E-state index in [1.165, 1.54) is 0 Å². The SMILES string of the molecule is CC(C)c1nnc(-c2cc(Cl)ccc2Br)o1. The van der Waals surface area contributed by atoms with Crippen LogP contribution < -0.4 is 0 Å². The summed E-state index contributed by atoms with van der Waals surface area (Å²) in [6.07, 6.45) is 0. The molecule has 0 bridgehead atoms. The zero-order valence-corrected chi connectivity index (χ0v) is 11.2. The Bertz CT molecular complexity index is 510. The molecular weight excluding hydrogens is 291 g/mol. The zero-order chi connectivity index (χ0) is 11.7. The molecule has 0 N–H and O–H groups in total. The molecule has 16 heavy (non-hydrogen) atoms. The summed E-state index contributed by atoms with van der Waals surface area (Å²) in [4.78, 5) is 0. The summed E-state index contributed by atoms with van der Waals surface area (Å²) in [5.41, 5.74) is 0.812. The van der Waals surface area contributed by atoms with Gasteiger partial charge in [0.05, 0.1) is 5.56 Å². The molecule has 0 aliphatic carbocycles. The first-order valence-corrected chi connectivity index (χ1v) is 6.04. The molecule has 0 amide bonds. The van der Waals surface area contributed by atoms with Crippen molar-refractivity contribution >= 4 is 27.5 Å². The van der Waals surface area contributed by atoms with Crippen LogP contribution in [0.5, 0.6) is 0 Å². The fourth-order valence-corrected chi connectivity index (χ4v) is 1.83. The van der Waals surface area contributed by atoms with Gasteiger partial charge in [0.2, 0.25) is 11.8 Å². The van der Waals surface area contributed by atoms with Crippen LogP contribution in [0.3, 0.4) is 0 Å². The van der Waals surface area contributed by atoms with Gasteiger partial charge in [-0.15, -0.1) is 10.2 Å². The Hall–Kier alpha value is -0.870. The molecule has 0 aliphatic rings. The molecule has 0 radical (unpaired) electrons. The molecule has 1 heterocycles. The lowest BCUT2D eigenvalue weighted by Crippen LogP contribution is -1.85. The highest BCUT2D eigenvalue weighted by Crippen LogP contribution is 2.30. The highest BCUT2D eigenvalue weighted by molar-refractivity contribution is 9.10. The lowest BCUT2D eigenvalue weighted by molar-refractivity contribution is 0.481. The molecule has 0 unspecified atom stereocenters. The van der Waals surface area contributed by atoms with Gasteiger partial charge in [0.15, 0.2) is 0 Å². The maximum Gasteiger partial charge on any atom is 0.248 e. The van der Waals surface area contributed by atoms with Crippen molar-refractivity contribution < 1.29 is 4.42 Å². The molecule has 84 valence electrons. The summed E-state index contributed by atoms with van der Waals surface area (Å²) in [6.45, 7) is 4.01. The fourth-order valence-electron chi connectivity index (χ4n) is 1.24. The van der Waals surface area contributed by atoms with Crippen LogP contribution in [0.1, 0.15) is 25.7 Å². The van der Waals surface area contributed by atoms with Gasteiger partial charge < -0.3 is 4.42 Å². The quantitative estimate of drug-likeness (QED) is 0.831.